The predicted octanol–water partition coefficient (Wildman–Crippen LogP) is 3.25. The minimum Gasteiger partial charge on any atom is -0.454 e. The Bertz CT molecular complexity index is 1370. The van der Waals surface area contributed by atoms with Gasteiger partial charge in [0, 0.05) is 23.9 Å². The van der Waals surface area contributed by atoms with Gasteiger partial charge in [-0.25, -0.2) is 8.42 Å². The molecule has 1 aromatic heterocycles. The molecule has 1 fully saturated rings. The SMILES string of the molecule is CC(=O)c1ccc(S(=O)(=O)N2CCC[C@H]2c2nnc(C(=O)Nc3ccc4c(c3)OCO4)s2)cc1. The number of ketones is 1. The molecule has 12 heteroatoms. The van der Waals surface area contributed by atoms with Crippen molar-refractivity contribution in [2.24, 2.45) is 0 Å². The molecule has 2 aliphatic rings. The molecule has 3 aromatic rings. The number of carbonyl (C=O) groups is 2. The first-order valence-corrected chi connectivity index (χ1v) is 12.8. The normalized spacial score (nSPS) is 17.6. The smallest absolute Gasteiger partial charge is 0.286 e. The van der Waals surface area contributed by atoms with Gasteiger partial charge in [0.1, 0.15) is 5.01 Å². The van der Waals surface area contributed by atoms with E-state index in [4.69, 9.17) is 9.47 Å². The maximum atomic E-state index is 13.3. The van der Waals surface area contributed by atoms with Crippen LogP contribution in [0.15, 0.2) is 47.4 Å². The van der Waals surface area contributed by atoms with Crippen LogP contribution in [0.2, 0.25) is 0 Å². The van der Waals surface area contributed by atoms with Crippen LogP contribution in [-0.2, 0) is 10.0 Å². The summed E-state index contributed by atoms with van der Waals surface area (Å²) in [4.78, 5) is 24.3. The number of fused-ring (bicyclic) bond motifs is 1. The summed E-state index contributed by atoms with van der Waals surface area (Å²) in [6, 6.07) is 10.4. The lowest BCUT2D eigenvalue weighted by molar-refractivity contribution is 0.101. The van der Waals surface area contributed by atoms with Crippen molar-refractivity contribution < 1.29 is 27.5 Å². The molecule has 1 N–H and O–H groups in total. The van der Waals surface area contributed by atoms with E-state index in [0.29, 0.717) is 47.1 Å². The van der Waals surface area contributed by atoms with Gasteiger partial charge in [0.25, 0.3) is 5.91 Å². The first-order chi connectivity index (χ1) is 16.3. The molecule has 1 saturated heterocycles. The number of hydrogen-bond acceptors (Lipinski definition) is 9. The van der Waals surface area contributed by atoms with E-state index >= 15 is 0 Å². The van der Waals surface area contributed by atoms with Crippen molar-refractivity contribution in [2.75, 3.05) is 18.7 Å². The topological polar surface area (TPSA) is 128 Å². The number of ether oxygens (including phenoxy) is 2. The molecule has 2 aromatic carbocycles. The van der Waals surface area contributed by atoms with E-state index in [1.807, 2.05) is 0 Å². The highest BCUT2D eigenvalue weighted by Gasteiger charge is 2.38. The van der Waals surface area contributed by atoms with Crippen LogP contribution >= 0.6 is 11.3 Å². The Balaban J connectivity index is 1.33. The maximum Gasteiger partial charge on any atom is 0.286 e. The van der Waals surface area contributed by atoms with Crippen LogP contribution in [0.1, 0.15) is 51.0 Å². The van der Waals surface area contributed by atoms with E-state index < -0.39 is 22.0 Å². The second kappa shape index (κ2) is 8.78. The average Bonchev–Trinajstić information content (AvgIpc) is 3.58. The first-order valence-electron chi connectivity index (χ1n) is 10.5. The van der Waals surface area contributed by atoms with Crippen LogP contribution in [0.4, 0.5) is 5.69 Å². The summed E-state index contributed by atoms with van der Waals surface area (Å²) in [6.07, 6.45) is 1.23. The summed E-state index contributed by atoms with van der Waals surface area (Å²) in [7, 11) is -3.81. The van der Waals surface area contributed by atoms with Gasteiger partial charge in [-0.2, -0.15) is 4.31 Å². The minimum atomic E-state index is -3.81. The summed E-state index contributed by atoms with van der Waals surface area (Å²) in [5.74, 6) is 0.562. The Hall–Kier alpha value is -3.35. The molecule has 10 nitrogen and oxygen atoms in total. The third-order valence-electron chi connectivity index (χ3n) is 5.62. The number of hydrogen-bond donors (Lipinski definition) is 1. The molecular formula is C22H20N4O6S2. The number of anilines is 1. The van der Waals surface area contributed by atoms with Gasteiger partial charge in [-0.1, -0.05) is 23.5 Å². The summed E-state index contributed by atoms with van der Waals surface area (Å²) in [6.45, 7) is 1.89. The Morgan fingerprint density at radius 2 is 1.85 bits per heavy atom. The number of sulfonamides is 1. The van der Waals surface area contributed by atoms with Gasteiger partial charge in [-0.05, 0) is 44.0 Å². The van der Waals surface area contributed by atoms with Crippen molar-refractivity contribution in [3.05, 3.63) is 58.0 Å². The van der Waals surface area contributed by atoms with E-state index in [1.54, 1.807) is 18.2 Å². The van der Waals surface area contributed by atoms with E-state index in [9.17, 15) is 18.0 Å². The molecule has 0 saturated carbocycles. The predicted molar refractivity (Wildman–Crippen MR) is 123 cm³/mol. The number of amides is 1. The molecule has 34 heavy (non-hydrogen) atoms. The van der Waals surface area contributed by atoms with Gasteiger partial charge in [-0.3, -0.25) is 9.59 Å². The lowest BCUT2D eigenvalue weighted by Gasteiger charge is -2.22. The molecule has 3 heterocycles. The molecule has 1 atom stereocenters. The molecule has 2 aliphatic heterocycles. The molecule has 0 unspecified atom stereocenters. The van der Waals surface area contributed by atoms with Gasteiger partial charge < -0.3 is 14.8 Å². The molecular weight excluding hydrogens is 480 g/mol. The van der Waals surface area contributed by atoms with Gasteiger partial charge in [0.05, 0.1) is 10.9 Å². The highest BCUT2D eigenvalue weighted by atomic mass is 32.2. The zero-order chi connectivity index (χ0) is 23.9. The zero-order valence-electron chi connectivity index (χ0n) is 18.1. The van der Waals surface area contributed by atoms with Crippen LogP contribution in [0, 0.1) is 0 Å². The Morgan fingerprint density at radius 1 is 1.09 bits per heavy atom. The fourth-order valence-electron chi connectivity index (χ4n) is 3.89. The number of benzene rings is 2. The van der Waals surface area contributed by atoms with Crippen molar-refractivity contribution in [3.8, 4) is 11.5 Å². The van der Waals surface area contributed by atoms with Crippen molar-refractivity contribution >= 4 is 38.7 Å². The second-order valence-corrected chi connectivity index (χ2v) is 10.7. The van der Waals surface area contributed by atoms with Crippen molar-refractivity contribution in [1.82, 2.24) is 14.5 Å². The largest absolute Gasteiger partial charge is 0.454 e. The zero-order valence-corrected chi connectivity index (χ0v) is 19.7. The van der Waals surface area contributed by atoms with Gasteiger partial charge in [0.15, 0.2) is 17.3 Å². The molecule has 0 aliphatic carbocycles. The Kier molecular flexibility index (Phi) is 5.80. The molecule has 0 bridgehead atoms. The molecule has 176 valence electrons. The minimum absolute atomic E-state index is 0.106. The van der Waals surface area contributed by atoms with Crippen molar-refractivity contribution in [3.63, 3.8) is 0 Å². The quantitative estimate of drug-likeness (QED) is 0.511. The number of Topliss-reactive ketones (excluding diaryl/α,β-unsaturated/α-hetero) is 1. The fraction of sp³-hybridized carbons (Fsp3) is 0.273. The van der Waals surface area contributed by atoms with E-state index in [-0.39, 0.29) is 22.5 Å². The average molecular weight is 501 g/mol. The number of aromatic nitrogens is 2. The van der Waals surface area contributed by atoms with Crippen LogP contribution < -0.4 is 14.8 Å². The highest BCUT2D eigenvalue weighted by Crippen LogP contribution is 2.38. The summed E-state index contributed by atoms with van der Waals surface area (Å²) < 4.78 is 38.5. The summed E-state index contributed by atoms with van der Waals surface area (Å²) in [5, 5.41) is 11.4. The lowest BCUT2D eigenvalue weighted by Crippen LogP contribution is -2.30. The Morgan fingerprint density at radius 3 is 2.62 bits per heavy atom. The van der Waals surface area contributed by atoms with E-state index in [2.05, 4.69) is 15.5 Å². The lowest BCUT2D eigenvalue weighted by atomic mass is 10.2. The van der Waals surface area contributed by atoms with Gasteiger partial charge in [-0.15, -0.1) is 10.2 Å². The maximum absolute atomic E-state index is 13.3. The van der Waals surface area contributed by atoms with Crippen LogP contribution in [-0.4, -0.2) is 47.9 Å². The third-order valence-corrected chi connectivity index (χ3v) is 8.57. The monoisotopic (exact) mass is 500 g/mol. The van der Waals surface area contributed by atoms with E-state index in [1.165, 1.54) is 35.5 Å². The fourth-order valence-corrected chi connectivity index (χ4v) is 6.51. The van der Waals surface area contributed by atoms with Crippen molar-refractivity contribution in [2.45, 2.75) is 30.7 Å². The summed E-state index contributed by atoms with van der Waals surface area (Å²) >= 11 is 1.06. The number of rotatable bonds is 6. The Labute approximate surface area is 199 Å². The first kappa shape index (κ1) is 22.4. The molecule has 0 spiro atoms. The second-order valence-electron chi connectivity index (χ2n) is 7.82. The number of carbonyl (C=O) groups excluding carboxylic acids is 2. The number of nitrogens with one attached hydrogen (secondary N) is 1. The van der Waals surface area contributed by atoms with Crippen molar-refractivity contribution in [1.29, 1.82) is 0 Å². The van der Waals surface area contributed by atoms with Crippen LogP contribution in [0.25, 0.3) is 0 Å². The van der Waals surface area contributed by atoms with Crippen LogP contribution in [0.3, 0.4) is 0 Å². The molecule has 0 radical (unpaired) electrons. The molecule has 1 amide bonds. The standard InChI is InChI=1S/C22H20N4O6S2/c1-13(27)14-4-7-16(8-5-14)34(29,30)26-10-2-3-17(26)21-24-25-22(33-21)20(28)23-15-6-9-18-19(11-15)32-12-31-18/h4-9,11,17H,2-3,10,12H2,1H3,(H,23,28)/t17-/m0/s1. The van der Waals surface area contributed by atoms with Gasteiger partial charge >= 0.3 is 0 Å². The summed E-state index contributed by atoms with van der Waals surface area (Å²) in [5.41, 5.74) is 0.962. The number of nitrogens with zero attached hydrogens (tertiary/aromatic N) is 3. The highest BCUT2D eigenvalue weighted by molar-refractivity contribution is 7.89. The van der Waals surface area contributed by atoms with Gasteiger partial charge in [0.2, 0.25) is 21.8 Å². The van der Waals surface area contributed by atoms with Crippen LogP contribution in [0.5, 0.6) is 11.5 Å². The molecule has 5 rings (SSSR count). The third kappa shape index (κ3) is 4.15. The van der Waals surface area contributed by atoms with E-state index in [0.717, 1.165) is 11.3 Å².